The average molecular weight is 343 g/mol. The number of phenolic OH excluding ortho intramolecular Hbond substituents is 1. The molecule has 3 aromatic carbocycles. The monoisotopic (exact) mass is 343 g/mol. The van der Waals surface area contributed by atoms with Gasteiger partial charge in [-0.15, -0.1) is 0 Å². The smallest absolute Gasteiger partial charge is 0.122 e. The van der Waals surface area contributed by atoms with Crippen LogP contribution < -0.4 is 0 Å². The van der Waals surface area contributed by atoms with Crippen molar-refractivity contribution in [1.29, 1.82) is 0 Å². The summed E-state index contributed by atoms with van der Waals surface area (Å²) in [4.78, 5) is 0. The van der Waals surface area contributed by atoms with Crippen molar-refractivity contribution in [3.63, 3.8) is 0 Å². The molecular weight excluding hydrogens is 316 g/mol. The van der Waals surface area contributed by atoms with Gasteiger partial charge < -0.3 is 5.11 Å². The first kappa shape index (κ1) is 18.3. The van der Waals surface area contributed by atoms with E-state index in [1.165, 1.54) is 11.1 Å². The fourth-order valence-corrected chi connectivity index (χ4v) is 3.25. The largest absolute Gasteiger partial charge is 0.507 e. The summed E-state index contributed by atoms with van der Waals surface area (Å²) < 4.78 is 0. The molecule has 1 radical (unpaired) electrons. The van der Waals surface area contributed by atoms with Crippen LogP contribution >= 0.6 is 0 Å². The highest BCUT2D eigenvalue weighted by Gasteiger charge is 2.14. The Bertz CT molecular complexity index is 859. The van der Waals surface area contributed by atoms with Gasteiger partial charge in [0.2, 0.25) is 0 Å². The van der Waals surface area contributed by atoms with Gasteiger partial charge in [0.25, 0.3) is 0 Å². The van der Waals surface area contributed by atoms with Crippen molar-refractivity contribution >= 4 is 0 Å². The van der Waals surface area contributed by atoms with Crippen LogP contribution in [0, 0.1) is 6.07 Å². The minimum Gasteiger partial charge on any atom is -0.507 e. The van der Waals surface area contributed by atoms with Gasteiger partial charge in [0.15, 0.2) is 0 Å². The van der Waals surface area contributed by atoms with Crippen molar-refractivity contribution in [2.45, 2.75) is 46.0 Å². The maximum atomic E-state index is 10.8. The summed E-state index contributed by atoms with van der Waals surface area (Å²) in [5, 5.41) is 10.8. The van der Waals surface area contributed by atoms with E-state index in [4.69, 9.17) is 0 Å². The third kappa shape index (κ3) is 3.99. The lowest BCUT2D eigenvalue weighted by Gasteiger charge is -2.17. The summed E-state index contributed by atoms with van der Waals surface area (Å²) in [6, 6.07) is 24.2. The zero-order valence-corrected chi connectivity index (χ0v) is 16.1. The fraction of sp³-hybridized carbons (Fsp3) is 0.280. The van der Waals surface area contributed by atoms with Crippen LogP contribution in [0.1, 0.15) is 61.8 Å². The van der Waals surface area contributed by atoms with E-state index >= 15 is 0 Å². The summed E-state index contributed by atoms with van der Waals surface area (Å²) in [5.41, 5.74) is 6.82. The van der Waals surface area contributed by atoms with Crippen LogP contribution in [0.15, 0.2) is 60.7 Å². The highest BCUT2D eigenvalue weighted by atomic mass is 16.3. The SMILES string of the molecule is CC(C)c1cc(Cc2ccc(-c3[c]cccc3)cc2)c(O)c(C(C)C)c1. The maximum absolute atomic E-state index is 10.8. The van der Waals surface area contributed by atoms with E-state index in [1.54, 1.807) is 0 Å². The molecule has 26 heavy (non-hydrogen) atoms. The number of phenols is 1. The van der Waals surface area contributed by atoms with Gasteiger partial charge in [-0.1, -0.05) is 88.4 Å². The fourth-order valence-electron chi connectivity index (χ4n) is 3.25. The predicted molar refractivity (Wildman–Crippen MR) is 110 cm³/mol. The van der Waals surface area contributed by atoms with Crippen molar-refractivity contribution in [3.05, 3.63) is 89.0 Å². The maximum Gasteiger partial charge on any atom is 0.122 e. The molecule has 0 aromatic heterocycles. The summed E-state index contributed by atoms with van der Waals surface area (Å²) in [7, 11) is 0. The molecule has 0 saturated carbocycles. The molecule has 0 fully saturated rings. The first-order valence-electron chi connectivity index (χ1n) is 9.37. The molecule has 0 spiro atoms. The lowest BCUT2D eigenvalue weighted by Crippen LogP contribution is -1.99. The molecule has 0 unspecified atom stereocenters. The molecule has 3 rings (SSSR count). The predicted octanol–water partition coefficient (Wildman–Crippen LogP) is 6.70. The molecule has 0 amide bonds. The number of aromatic hydroxyl groups is 1. The molecule has 1 heteroatoms. The van der Waals surface area contributed by atoms with Crippen LogP contribution in [0.4, 0.5) is 0 Å². The Kier molecular flexibility index (Phi) is 5.46. The Morgan fingerprint density at radius 3 is 2.19 bits per heavy atom. The molecule has 0 aliphatic carbocycles. The quantitative estimate of drug-likeness (QED) is 0.546. The van der Waals surface area contributed by atoms with Crippen molar-refractivity contribution in [2.75, 3.05) is 0 Å². The molecule has 0 bridgehead atoms. The Morgan fingerprint density at radius 1 is 0.885 bits per heavy atom. The zero-order valence-electron chi connectivity index (χ0n) is 16.1. The topological polar surface area (TPSA) is 20.2 Å². The second kappa shape index (κ2) is 7.78. The van der Waals surface area contributed by atoms with Crippen molar-refractivity contribution in [1.82, 2.24) is 0 Å². The third-order valence-electron chi connectivity index (χ3n) is 4.90. The molecule has 133 valence electrons. The molecule has 0 aliphatic rings. The van der Waals surface area contributed by atoms with E-state index in [0.29, 0.717) is 17.6 Å². The molecule has 3 aromatic rings. The lowest BCUT2D eigenvalue weighted by atomic mass is 9.89. The second-order valence-electron chi connectivity index (χ2n) is 7.58. The van der Waals surface area contributed by atoms with Crippen LogP contribution in [-0.2, 0) is 6.42 Å². The minimum atomic E-state index is 0.309. The van der Waals surface area contributed by atoms with E-state index in [9.17, 15) is 5.11 Å². The van der Waals surface area contributed by atoms with E-state index < -0.39 is 0 Å². The summed E-state index contributed by atoms with van der Waals surface area (Å²) >= 11 is 0. The van der Waals surface area contributed by atoms with Crippen LogP contribution in [0.5, 0.6) is 5.75 Å². The first-order chi connectivity index (χ1) is 12.5. The van der Waals surface area contributed by atoms with Gasteiger partial charge in [0, 0.05) is 6.42 Å². The van der Waals surface area contributed by atoms with E-state index in [1.807, 2.05) is 18.2 Å². The van der Waals surface area contributed by atoms with Crippen LogP contribution in [0.25, 0.3) is 11.1 Å². The Hall–Kier alpha value is -2.54. The normalized spacial score (nSPS) is 11.3. The highest BCUT2D eigenvalue weighted by molar-refractivity contribution is 5.63. The third-order valence-corrected chi connectivity index (χ3v) is 4.90. The minimum absolute atomic E-state index is 0.309. The average Bonchev–Trinajstić information content (AvgIpc) is 2.64. The molecular formula is C25H27O. The van der Waals surface area contributed by atoms with Crippen molar-refractivity contribution in [2.24, 2.45) is 0 Å². The highest BCUT2D eigenvalue weighted by Crippen LogP contribution is 2.34. The Labute approximate surface area is 157 Å². The van der Waals surface area contributed by atoms with Crippen LogP contribution in [0.3, 0.4) is 0 Å². The van der Waals surface area contributed by atoms with E-state index in [2.05, 4.69) is 76.2 Å². The van der Waals surface area contributed by atoms with Crippen molar-refractivity contribution < 1.29 is 5.11 Å². The number of hydrogen-bond acceptors (Lipinski definition) is 1. The molecule has 0 heterocycles. The first-order valence-corrected chi connectivity index (χ1v) is 9.37. The van der Waals surface area contributed by atoms with E-state index in [-0.39, 0.29) is 0 Å². The molecule has 1 N–H and O–H groups in total. The standard InChI is InChI=1S/C25H27O/c1-17(2)22-15-23(25(26)24(16-22)18(3)4)14-19-10-12-21(13-11-19)20-8-6-5-7-9-20/h5-8,10-13,15-18,26H,14H2,1-4H3. The van der Waals surface area contributed by atoms with Gasteiger partial charge in [0.05, 0.1) is 0 Å². The summed E-state index contributed by atoms with van der Waals surface area (Å²) in [5.74, 6) is 1.20. The van der Waals surface area contributed by atoms with Gasteiger partial charge in [-0.3, -0.25) is 0 Å². The van der Waals surface area contributed by atoms with Gasteiger partial charge in [-0.2, -0.15) is 0 Å². The number of benzene rings is 3. The number of rotatable bonds is 5. The van der Waals surface area contributed by atoms with Crippen molar-refractivity contribution in [3.8, 4) is 16.9 Å². The van der Waals surface area contributed by atoms with Gasteiger partial charge in [-0.05, 0) is 51.3 Å². The van der Waals surface area contributed by atoms with Gasteiger partial charge >= 0.3 is 0 Å². The van der Waals surface area contributed by atoms with Crippen LogP contribution in [-0.4, -0.2) is 5.11 Å². The molecule has 0 atom stereocenters. The zero-order chi connectivity index (χ0) is 18.7. The summed E-state index contributed by atoms with van der Waals surface area (Å²) in [6.45, 7) is 8.67. The Morgan fingerprint density at radius 2 is 1.62 bits per heavy atom. The van der Waals surface area contributed by atoms with Crippen LogP contribution in [0.2, 0.25) is 0 Å². The summed E-state index contributed by atoms with van der Waals surface area (Å²) in [6.07, 6.45) is 0.741. The molecule has 0 aliphatic heterocycles. The molecule has 1 nitrogen and oxygen atoms in total. The Balaban J connectivity index is 1.91. The van der Waals surface area contributed by atoms with E-state index in [0.717, 1.165) is 28.7 Å². The number of hydrogen-bond donors (Lipinski definition) is 1. The molecule has 0 saturated heterocycles. The van der Waals surface area contributed by atoms with Gasteiger partial charge in [0.1, 0.15) is 5.75 Å². The second-order valence-corrected chi connectivity index (χ2v) is 7.58. The van der Waals surface area contributed by atoms with Gasteiger partial charge in [-0.25, -0.2) is 0 Å². The lowest BCUT2D eigenvalue weighted by molar-refractivity contribution is 0.458.